The van der Waals surface area contributed by atoms with E-state index in [1.54, 1.807) is 6.92 Å². The minimum absolute atomic E-state index is 0.124. The number of rotatable bonds is 2. The molecule has 0 amide bonds. The van der Waals surface area contributed by atoms with E-state index in [1.807, 2.05) is 0 Å². The molecule has 0 bridgehead atoms. The minimum atomic E-state index is -0.912. The molecule has 0 spiro atoms. The van der Waals surface area contributed by atoms with Crippen LogP contribution in [0.1, 0.15) is 5.82 Å². The van der Waals surface area contributed by atoms with E-state index in [9.17, 15) is 4.79 Å². The maximum absolute atomic E-state index is 10.1. The van der Waals surface area contributed by atoms with Crippen LogP contribution in [0.4, 0.5) is 0 Å². The molecule has 10 heavy (non-hydrogen) atoms. The summed E-state index contributed by atoms with van der Waals surface area (Å²) in [6.07, 6.45) is 1.39. The molecular formula is C5H7N3O2. The predicted molar refractivity (Wildman–Crippen MR) is 32.4 cm³/mol. The van der Waals surface area contributed by atoms with Crippen molar-refractivity contribution in [3.05, 3.63) is 12.2 Å². The Labute approximate surface area is 57.3 Å². The van der Waals surface area contributed by atoms with Gasteiger partial charge in [-0.3, -0.25) is 4.79 Å². The van der Waals surface area contributed by atoms with Crippen molar-refractivity contribution < 1.29 is 9.90 Å². The molecule has 0 radical (unpaired) electrons. The fourth-order valence-electron chi connectivity index (χ4n) is 0.602. The van der Waals surface area contributed by atoms with Crippen molar-refractivity contribution >= 4 is 5.97 Å². The monoisotopic (exact) mass is 141 g/mol. The van der Waals surface area contributed by atoms with E-state index in [4.69, 9.17) is 5.11 Å². The molecule has 0 fully saturated rings. The van der Waals surface area contributed by atoms with Crippen LogP contribution in [0.3, 0.4) is 0 Å². The van der Waals surface area contributed by atoms with Gasteiger partial charge in [-0.05, 0) is 6.92 Å². The third kappa shape index (κ3) is 1.54. The van der Waals surface area contributed by atoms with E-state index in [0.29, 0.717) is 5.82 Å². The Morgan fingerprint density at radius 1 is 1.90 bits per heavy atom. The molecule has 5 heteroatoms. The first-order valence-corrected chi connectivity index (χ1v) is 2.76. The van der Waals surface area contributed by atoms with Crippen molar-refractivity contribution in [2.45, 2.75) is 13.5 Å². The fourth-order valence-corrected chi connectivity index (χ4v) is 0.602. The van der Waals surface area contributed by atoms with Gasteiger partial charge in [-0.25, -0.2) is 9.67 Å². The van der Waals surface area contributed by atoms with Crippen LogP contribution in [0.2, 0.25) is 0 Å². The van der Waals surface area contributed by atoms with Crippen LogP contribution >= 0.6 is 0 Å². The van der Waals surface area contributed by atoms with Crippen LogP contribution < -0.4 is 0 Å². The maximum atomic E-state index is 10.1. The molecule has 0 aliphatic heterocycles. The Morgan fingerprint density at radius 2 is 2.60 bits per heavy atom. The molecule has 1 aromatic rings. The summed E-state index contributed by atoms with van der Waals surface area (Å²) in [5.41, 5.74) is 0. The highest BCUT2D eigenvalue weighted by atomic mass is 16.4. The zero-order valence-corrected chi connectivity index (χ0v) is 5.48. The summed E-state index contributed by atoms with van der Waals surface area (Å²) in [6, 6.07) is 0. The van der Waals surface area contributed by atoms with Crippen molar-refractivity contribution in [3.63, 3.8) is 0 Å². The van der Waals surface area contributed by atoms with E-state index in [0.717, 1.165) is 0 Å². The standard InChI is InChI=1S/C5H7N3O2/c1-4-6-3-8(7-4)2-5(9)10/h3H,2H2,1H3,(H,9,10). The molecule has 5 nitrogen and oxygen atoms in total. The quantitative estimate of drug-likeness (QED) is 0.612. The van der Waals surface area contributed by atoms with Crippen LogP contribution in [0.5, 0.6) is 0 Å². The van der Waals surface area contributed by atoms with Crippen LogP contribution in [0, 0.1) is 6.92 Å². The third-order valence-corrected chi connectivity index (χ3v) is 0.948. The summed E-state index contributed by atoms with van der Waals surface area (Å²) in [7, 11) is 0. The van der Waals surface area contributed by atoms with Crippen molar-refractivity contribution in [1.82, 2.24) is 14.8 Å². The first kappa shape index (κ1) is 6.73. The second kappa shape index (κ2) is 2.47. The molecule has 0 atom stereocenters. The summed E-state index contributed by atoms with van der Waals surface area (Å²) in [5, 5.41) is 12.1. The lowest BCUT2D eigenvalue weighted by Crippen LogP contribution is -2.08. The lowest BCUT2D eigenvalue weighted by Gasteiger charge is -1.90. The van der Waals surface area contributed by atoms with Crippen LogP contribution in [-0.2, 0) is 11.3 Å². The van der Waals surface area contributed by atoms with E-state index < -0.39 is 5.97 Å². The largest absolute Gasteiger partial charge is 0.480 e. The van der Waals surface area contributed by atoms with Crippen LogP contribution in [-0.4, -0.2) is 25.8 Å². The van der Waals surface area contributed by atoms with Gasteiger partial charge < -0.3 is 5.11 Å². The molecule has 0 unspecified atom stereocenters. The second-order valence-electron chi connectivity index (χ2n) is 1.88. The van der Waals surface area contributed by atoms with Crippen LogP contribution in [0.15, 0.2) is 6.33 Å². The topological polar surface area (TPSA) is 68.0 Å². The Bertz CT molecular complexity index is 243. The number of aryl methyl sites for hydroxylation is 1. The molecule has 0 aromatic carbocycles. The molecule has 1 heterocycles. The fraction of sp³-hybridized carbons (Fsp3) is 0.400. The second-order valence-corrected chi connectivity index (χ2v) is 1.88. The smallest absolute Gasteiger partial charge is 0.325 e. The summed E-state index contributed by atoms with van der Waals surface area (Å²) < 4.78 is 1.28. The Morgan fingerprint density at radius 3 is 3.00 bits per heavy atom. The van der Waals surface area contributed by atoms with Gasteiger partial charge in [-0.15, -0.1) is 0 Å². The number of aromatic nitrogens is 3. The lowest BCUT2D eigenvalue weighted by molar-refractivity contribution is -0.137. The van der Waals surface area contributed by atoms with Gasteiger partial charge >= 0.3 is 5.97 Å². The number of carbonyl (C=O) groups is 1. The molecule has 0 aliphatic carbocycles. The van der Waals surface area contributed by atoms with Gasteiger partial charge in [0.15, 0.2) is 0 Å². The molecule has 54 valence electrons. The van der Waals surface area contributed by atoms with Gasteiger partial charge in [0.05, 0.1) is 0 Å². The summed E-state index contributed by atoms with van der Waals surface area (Å²) in [6.45, 7) is 1.58. The third-order valence-electron chi connectivity index (χ3n) is 0.948. The van der Waals surface area contributed by atoms with Gasteiger partial charge in [0.25, 0.3) is 0 Å². The van der Waals surface area contributed by atoms with Gasteiger partial charge in [-0.1, -0.05) is 0 Å². The van der Waals surface area contributed by atoms with Crippen LogP contribution in [0.25, 0.3) is 0 Å². The summed E-state index contributed by atoms with van der Waals surface area (Å²) >= 11 is 0. The van der Waals surface area contributed by atoms with E-state index >= 15 is 0 Å². The minimum Gasteiger partial charge on any atom is -0.480 e. The average molecular weight is 141 g/mol. The molecular weight excluding hydrogens is 134 g/mol. The maximum Gasteiger partial charge on any atom is 0.325 e. The predicted octanol–water partition coefficient (Wildman–Crippen LogP) is -0.329. The van der Waals surface area contributed by atoms with E-state index in [2.05, 4.69) is 10.1 Å². The number of carboxylic acid groups (broad SMARTS) is 1. The SMILES string of the molecule is Cc1ncn(CC(=O)O)n1. The molecule has 1 N–H and O–H groups in total. The Kier molecular flexibility index (Phi) is 1.66. The number of hydrogen-bond donors (Lipinski definition) is 1. The highest BCUT2D eigenvalue weighted by Crippen LogP contribution is 1.85. The summed E-state index contributed by atoms with van der Waals surface area (Å²) in [5.74, 6) is -0.328. The molecule has 0 saturated heterocycles. The van der Waals surface area contributed by atoms with Crippen molar-refractivity contribution in [2.24, 2.45) is 0 Å². The number of aliphatic carboxylic acids is 1. The summed E-state index contributed by atoms with van der Waals surface area (Å²) in [4.78, 5) is 13.8. The van der Waals surface area contributed by atoms with Gasteiger partial charge in [0, 0.05) is 0 Å². The molecule has 1 aromatic heterocycles. The molecule has 1 rings (SSSR count). The first-order valence-electron chi connectivity index (χ1n) is 2.76. The Hall–Kier alpha value is -1.39. The van der Waals surface area contributed by atoms with Crippen molar-refractivity contribution in [1.29, 1.82) is 0 Å². The number of nitrogens with zero attached hydrogens (tertiary/aromatic N) is 3. The number of carboxylic acids is 1. The van der Waals surface area contributed by atoms with Gasteiger partial charge in [0.1, 0.15) is 18.7 Å². The van der Waals surface area contributed by atoms with Crippen molar-refractivity contribution in [3.8, 4) is 0 Å². The Balaban J connectivity index is 2.67. The number of hydrogen-bond acceptors (Lipinski definition) is 3. The molecule has 0 saturated carbocycles. The first-order chi connectivity index (χ1) is 4.68. The molecule has 0 aliphatic rings. The van der Waals surface area contributed by atoms with Gasteiger partial charge in [-0.2, -0.15) is 5.10 Å². The average Bonchev–Trinajstić information content (AvgIpc) is 2.13. The van der Waals surface area contributed by atoms with Gasteiger partial charge in [0.2, 0.25) is 0 Å². The highest BCUT2D eigenvalue weighted by molar-refractivity contribution is 5.66. The normalized spacial score (nSPS) is 9.70. The van der Waals surface area contributed by atoms with E-state index in [1.165, 1.54) is 11.0 Å². The van der Waals surface area contributed by atoms with Crippen molar-refractivity contribution in [2.75, 3.05) is 0 Å². The van der Waals surface area contributed by atoms with E-state index in [-0.39, 0.29) is 6.54 Å². The zero-order chi connectivity index (χ0) is 7.56. The highest BCUT2D eigenvalue weighted by Gasteiger charge is 1.99. The lowest BCUT2D eigenvalue weighted by atomic mass is 10.7. The zero-order valence-electron chi connectivity index (χ0n) is 5.48.